The maximum atomic E-state index is 13.5. The Morgan fingerprint density at radius 1 is 0.970 bits per heavy atom. The van der Waals surface area contributed by atoms with E-state index in [1.165, 1.54) is 5.56 Å². The average molecular weight is 451 g/mol. The van der Waals surface area contributed by atoms with Gasteiger partial charge in [0.25, 0.3) is 0 Å². The summed E-state index contributed by atoms with van der Waals surface area (Å²) in [6.07, 6.45) is 2.49. The lowest BCUT2D eigenvalue weighted by Gasteiger charge is -2.32. The Labute approximate surface area is 200 Å². The predicted molar refractivity (Wildman–Crippen MR) is 137 cm³/mol. The first-order valence-electron chi connectivity index (χ1n) is 12.3. The molecule has 1 N–H and O–H groups in total. The lowest BCUT2D eigenvalue weighted by Crippen LogP contribution is -2.50. The van der Waals surface area contributed by atoms with Crippen molar-refractivity contribution < 1.29 is 9.59 Å². The third-order valence-corrected chi connectivity index (χ3v) is 6.44. The molecule has 4 heteroatoms. The molecule has 4 nitrogen and oxygen atoms in total. The van der Waals surface area contributed by atoms with E-state index in [4.69, 9.17) is 0 Å². The van der Waals surface area contributed by atoms with Crippen LogP contribution < -0.4 is 5.32 Å². The fourth-order valence-electron chi connectivity index (χ4n) is 3.90. The van der Waals surface area contributed by atoms with Crippen LogP contribution in [0.4, 0.5) is 0 Å². The lowest BCUT2D eigenvalue weighted by atomic mass is 9.86. The SMILES string of the molecule is CC[C@H](C(=O)N[C@@H](C)CC)N(Cc1ccccc1C)C(=O)CCc1ccc(C(C)(C)C)cc1. The van der Waals surface area contributed by atoms with Crippen molar-refractivity contribution in [3.8, 4) is 0 Å². The first-order valence-corrected chi connectivity index (χ1v) is 12.3. The Hall–Kier alpha value is -2.62. The summed E-state index contributed by atoms with van der Waals surface area (Å²) in [5, 5.41) is 3.08. The van der Waals surface area contributed by atoms with E-state index in [9.17, 15) is 9.59 Å². The van der Waals surface area contributed by atoms with Gasteiger partial charge in [-0.05, 0) is 60.8 Å². The molecule has 2 aromatic rings. The maximum Gasteiger partial charge on any atom is 0.243 e. The van der Waals surface area contributed by atoms with E-state index in [1.807, 2.05) is 39.0 Å². The molecule has 33 heavy (non-hydrogen) atoms. The third kappa shape index (κ3) is 7.73. The van der Waals surface area contributed by atoms with E-state index < -0.39 is 6.04 Å². The Morgan fingerprint density at radius 2 is 1.61 bits per heavy atom. The first kappa shape index (κ1) is 26.6. The molecule has 0 saturated carbocycles. The summed E-state index contributed by atoms with van der Waals surface area (Å²) < 4.78 is 0. The molecule has 2 aromatic carbocycles. The van der Waals surface area contributed by atoms with Gasteiger partial charge < -0.3 is 10.2 Å². The zero-order chi connectivity index (χ0) is 24.6. The molecule has 0 unspecified atom stereocenters. The van der Waals surface area contributed by atoms with Gasteiger partial charge >= 0.3 is 0 Å². The van der Waals surface area contributed by atoms with Crippen molar-refractivity contribution in [2.45, 2.75) is 98.2 Å². The molecule has 2 atom stereocenters. The number of nitrogens with zero attached hydrogens (tertiary/aromatic N) is 1. The van der Waals surface area contributed by atoms with E-state index in [0.717, 1.165) is 23.1 Å². The number of hydrogen-bond donors (Lipinski definition) is 1. The second-order valence-electron chi connectivity index (χ2n) is 10.1. The van der Waals surface area contributed by atoms with Gasteiger partial charge in [-0.3, -0.25) is 9.59 Å². The van der Waals surface area contributed by atoms with E-state index in [2.05, 4.69) is 63.3 Å². The quantitative estimate of drug-likeness (QED) is 0.486. The monoisotopic (exact) mass is 450 g/mol. The van der Waals surface area contributed by atoms with Gasteiger partial charge in [0, 0.05) is 19.0 Å². The lowest BCUT2D eigenvalue weighted by molar-refractivity contribution is -0.141. The van der Waals surface area contributed by atoms with E-state index in [0.29, 0.717) is 25.8 Å². The first-order chi connectivity index (χ1) is 15.6. The molecule has 0 saturated heterocycles. The van der Waals surface area contributed by atoms with E-state index in [1.54, 1.807) is 4.90 Å². The summed E-state index contributed by atoms with van der Waals surface area (Å²) >= 11 is 0. The number of aryl methyl sites for hydroxylation is 2. The minimum absolute atomic E-state index is 0.0179. The zero-order valence-corrected chi connectivity index (χ0v) is 21.6. The summed E-state index contributed by atoms with van der Waals surface area (Å²) in [4.78, 5) is 28.3. The Morgan fingerprint density at radius 3 is 2.15 bits per heavy atom. The summed E-state index contributed by atoms with van der Waals surface area (Å²) in [6, 6.07) is 16.2. The molecule has 0 aliphatic heterocycles. The van der Waals surface area contributed by atoms with Crippen molar-refractivity contribution in [3.63, 3.8) is 0 Å². The highest BCUT2D eigenvalue weighted by Crippen LogP contribution is 2.23. The van der Waals surface area contributed by atoms with Gasteiger partial charge in [0.15, 0.2) is 0 Å². The van der Waals surface area contributed by atoms with Crippen LogP contribution in [0.5, 0.6) is 0 Å². The predicted octanol–water partition coefficient (Wildman–Crippen LogP) is 5.95. The van der Waals surface area contributed by atoms with Crippen molar-refractivity contribution in [3.05, 3.63) is 70.8 Å². The fraction of sp³-hybridized carbons (Fsp3) is 0.517. The van der Waals surface area contributed by atoms with Gasteiger partial charge in [-0.15, -0.1) is 0 Å². The van der Waals surface area contributed by atoms with Gasteiger partial charge in [-0.1, -0.05) is 83.1 Å². The highest BCUT2D eigenvalue weighted by atomic mass is 16.2. The van der Waals surface area contributed by atoms with Crippen LogP contribution in [-0.4, -0.2) is 28.8 Å². The summed E-state index contributed by atoms with van der Waals surface area (Å²) in [6.45, 7) is 15.1. The second kappa shape index (κ2) is 12.0. The molecule has 2 rings (SSSR count). The number of rotatable bonds is 10. The van der Waals surface area contributed by atoms with Crippen LogP contribution in [-0.2, 0) is 28.0 Å². The van der Waals surface area contributed by atoms with Gasteiger partial charge in [-0.25, -0.2) is 0 Å². The maximum absolute atomic E-state index is 13.5. The van der Waals surface area contributed by atoms with Gasteiger partial charge in [0.2, 0.25) is 11.8 Å². The average Bonchev–Trinajstić information content (AvgIpc) is 2.78. The molecule has 2 amide bonds. The van der Waals surface area contributed by atoms with Gasteiger partial charge in [0.1, 0.15) is 6.04 Å². The summed E-state index contributed by atoms with van der Waals surface area (Å²) in [7, 11) is 0. The van der Waals surface area contributed by atoms with Crippen LogP contribution in [0.1, 0.15) is 83.1 Å². The largest absolute Gasteiger partial charge is 0.352 e. The van der Waals surface area contributed by atoms with E-state index >= 15 is 0 Å². The van der Waals surface area contributed by atoms with Crippen molar-refractivity contribution in [1.29, 1.82) is 0 Å². The number of benzene rings is 2. The van der Waals surface area contributed by atoms with Crippen molar-refractivity contribution in [1.82, 2.24) is 10.2 Å². The fourth-order valence-corrected chi connectivity index (χ4v) is 3.90. The van der Waals surface area contributed by atoms with Crippen molar-refractivity contribution in [2.24, 2.45) is 0 Å². The molecule has 0 aromatic heterocycles. The van der Waals surface area contributed by atoms with Crippen LogP contribution in [0, 0.1) is 6.92 Å². The molecule has 0 heterocycles. The van der Waals surface area contributed by atoms with Crippen LogP contribution in [0.2, 0.25) is 0 Å². The van der Waals surface area contributed by atoms with Crippen LogP contribution in [0.25, 0.3) is 0 Å². The van der Waals surface area contributed by atoms with Crippen molar-refractivity contribution in [2.75, 3.05) is 0 Å². The molecular weight excluding hydrogens is 408 g/mol. The molecule has 0 radical (unpaired) electrons. The van der Waals surface area contributed by atoms with Gasteiger partial charge in [-0.2, -0.15) is 0 Å². The minimum Gasteiger partial charge on any atom is -0.352 e. The molecule has 0 bridgehead atoms. The van der Waals surface area contributed by atoms with Crippen LogP contribution >= 0.6 is 0 Å². The standard InChI is InChI=1S/C29H42N2O2/c1-8-22(4)30-28(33)26(9-2)31(20-24-13-11-10-12-21(24)3)27(32)19-16-23-14-17-25(18-15-23)29(5,6)7/h10-15,17-18,22,26H,8-9,16,19-20H2,1-7H3,(H,30,33)/t22-,26+/m0/s1. The highest BCUT2D eigenvalue weighted by Gasteiger charge is 2.29. The molecule has 0 spiro atoms. The van der Waals surface area contributed by atoms with Crippen molar-refractivity contribution >= 4 is 11.8 Å². The Bertz CT molecular complexity index is 912. The van der Waals surface area contributed by atoms with E-state index in [-0.39, 0.29) is 23.3 Å². The van der Waals surface area contributed by atoms with Crippen LogP contribution in [0.15, 0.2) is 48.5 Å². The van der Waals surface area contributed by atoms with Crippen LogP contribution in [0.3, 0.4) is 0 Å². The summed E-state index contributed by atoms with van der Waals surface area (Å²) in [5.74, 6) is -0.0485. The molecule has 0 fully saturated rings. The number of carbonyl (C=O) groups is 2. The number of amides is 2. The number of nitrogens with one attached hydrogen (secondary N) is 1. The third-order valence-electron chi connectivity index (χ3n) is 6.44. The summed E-state index contributed by atoms with van der Waals surface area (Å²) in [5.41, 5.74) is 4.74. The normalized spacial score (nSPS) is 13.3. The molecular formula is C29H42N2O2. The Balaban J connectivity index is 2.21. The zero-order valence-electron chi connectivity index (χ0n) is 21.6. The number of hydrogen-bond acceptors (Lipinski definition) is 2. The molecule has 0 aliphatic carbocycles. The highest BCUT2D eigenvalue weighted by molar-refractivity contribution is 5.88. The topological polar surface area (TPSA) is 49.4 Å². The smallest absolute Gasteiger partial charge is 0.243 e. The van der Waals surface area contributed by atoms with Gasteiger partial charge in [0.05, 0.1) is 0 Å². The second-order valence-corrected chi connectivity index (χ2v) is 10.1. The Kier molecular flexibility index (Phi) is 9.70. The number of carbonyl (C=O) groups excluding carboxylic acids is 2. The molecule has 0 aliphatic rings. The molecule has 180 valence electrons. The minimum atomic E-state index is -0.477.